The minimum Gasteiger partial charge on any atom is -0.490 e. The van der Waals surface area contributed by atoms with Crippen molar-refractivity contribution in [1.82, 2.24) is 14.7 Å². The number of piperazine rings is 1. The van der Waals surface area contributed by atoms with Crippen LogP contribution in [-0.4, -0.2) is 59.8 Å². The molecule has 34 heavy (non-hydrogen) atoms. The van der Waals surface area contributed by atoms with E-state index in [0.29, 0.717) is 30.0 Å². The SMILES string of the molecule is C[C@@H](Oc1cc(-c2ccc(N3CCN(C)CC3)cc2)cc2nn(C)cc12)[C@@H]1CC(=O)C2CC2C1. The molecule has 4 atom stereocenters. The molecule has 178 valence electrons. The maximum atomic E-state index is 12.3. The minimum absolute atomic E-state index is 0.00349. The first-order valence-electron chi connectivity index (χ1n) is 12.7. The van der Waals surface area contributed by atoms with Gasteiger partial charge in [-0.3, -0.25) is 9.48 Å². The molecule has 0 radical (unpaired) electrons. The highest BCUT2D eigenvalue weighted by Crippen LogP contribution is 2.50. The molecule has 6 heteroatoms. The molecule has 2 heterocycles. The number of carbonyl (C=O) groups is 1. The highest BCUT2D eigenvalue weighted by Gasteiger charge is 2.49. The number of rotatable bonds is 5. The molecule has 3 fully saturated rings. The molecule has 1 saturated heterocycles. The Hall–Kier alpha value is -2.86. The lowest BCUT2D eigenvalue weighted by molar-refractivity contribution is -0.123. The van der Waals surface area contributed by atoms with Crippen LogP contribution in [0.4, 0.5) is 5.69 Å². The highest BCUT2D eigenvalue weighted by molar-refractivity contribution is 5.90. The van der Waals surface area contributed by atoms with Gasteiger partial charge in [-0.15, -0.1) is 0 Å². The zero-order chi connectivity index (χ0) is 23.4. The number of anilines is 1. The fourth-order valence-corrected chi connectivity index (χ4v) is 5.84. The van der Waals surface area contributed by atoms with Crippen LogP contribution in [0.3, 0.4) is 0 Å². The smallest absolute Gasteiger partial charge is 0.136 e. The average molecular weight is 459 g/mol. The topological polar surface area (TPSA) is 50.6 Å². The van der Waals surface area contributed by atoms with E-state index in [-0.39, 0.29) is 6.10 Å². The summed E-state index contributed by atoms with van der Waals surface area (Å²) in [4.78, 5) is 17.2. The fourth-order valence-electron chi connectivity index (χ4n) is 5.84. The lowest BCUT2D eigenvalue weighted by Crippen LogP contribution is -2.44. The van der Waals surface area contributed by atoms with Crippen molar-refractivity contribution in [3.63, 3.8) is 0 Å². The van der Waals surface area contributed by atoms with Crippen molar-refractivity contribution in [2.75, 3.05) is 38.1 Å². The number of benzene rings is 2. The molecular formula is C28H34N4O2. The predicted octanol–water partition coefficient (Wildman–Crippen LogP) is 4.37. The number of aryl methyl sites for hydroxylation is 1. The summed E-state index contributed by atoms with van der Waals surface area (Å²) in [7, 11) is 4.13. The van der Waals surface area contributed by atoms with Gasteiger partial charge in [-0.05, 0) is 68.1 Å². The van der Waals surface area contributed by atoms with Crippen LogP contribution in [0.15, 0.2) is 42.6 Å². The molecule has 1 aliphatic heterocycles. The Labute approximate surface area is 201 Å². The van der Waals surface area contributed by atoms with Gasteiger partial charge >= 0.3 is 0 Å². The second-order valence-electron chi connectivity index (χ2n) is 10.6. The van der Waals surface area contributed by atoms with Gasteiger partial charge in [-0.1, -0.05) is 12.1 Å². The zero-order valence-corrected chi connectivity index (χ0v) is 20.4. The number of hydrogen-bond donors (Lipinski definition) is 0. The molecule has 3 aromatic rings. The molecule has 1 aromatic heterocycles. The number of fused-ring (bicyclic) bond motifs is 2. The summed E-state index contributed by atoms with van der Waals surface area (Å²) in [6, 6.07) is 13.2. The molecule has 0 N–H and O–H groups in total. The Morgan fingerprint density at radius 2 is 1.76 bits per heavy atom. The van der Waals surface area contributed by atoms with Gasteiger partial charge in [-0.25, -0.2) is 0 Å². The van der Waals surface area contributed by atoms with Crippen molar-refractivity contribution in [3.05, 3.63) is 42.6 Å². The Balaban J connectivity index is 1.26. The van der Waals surface area contributed by atoms with Gasteiger partial charge in [0.15, 0.2) is 0 Å². The molecule has 3 aliphatic rings. The van der Waals surface area contributed by atoms with Crippen molar-refractivity contribution < 1.29 is 9.53 Å². The summed E-state index contributed by atoms with van der Waals surface area (Å²) in [6.07, 6.45) is 4.89. The van der Waals surface area contributed by atoms with Gasteiger partial charge < -0.3 is 14.5 Å². The third kappa shape index (κ3) is 4.09. The third-order valence-corrected chi connectivity index (χ3v) is 8.15. The lowest BCUT2D eigenvalue weighted by atomic mass is 9.85. The minimum atomic E-state index is 0.00349. The number of nitrogens with zero attached hydrogens (tertiary/aromatic N) is 4. The van der Waals surface area contributed by atoms with Gasteiger partial charge in [-0.2, -0.15) is 5.10 Å². The van der Waals surface area contributed by atoms with Crippen LogP contribution >= 0.6 is 0 Å². The summed E-state index contributed by atoms with van der Waals surface area (Å²) < 4.78 is 8.42. The number of ketones is 1. The maximum absolute atomic E-state index is 12.3. The van der Waals surface area contributed by atoms with Crippen LogP contribution in [0.25, 0.3) is 22.0 Å². The highest BCUT2D eigenvalue weighted by atomic mass is 16.5. The van der Waals surface area contributed by atoms with Gasteiger partial charge in [0, 0.05) is 63.4 Å². The number of ether oxygens (including phenoxy) is 1. The van der Waals surface area contributed by atoms with Crippen molar-refractivity contribution in [3.8, 4) is 16.9 Å². The molecule has 6 rings (SSSR count). The summed E-state index contributed by atoms with van der Waals surface area (Å²) >= 11 is 0. The summed E-state index contributed by atoms with van der Waals surface area (Å²) in [5.74, 6) is 2.56. The Kier molecular flexibility index (Phi) is 5.36. The predicted molar refractivity (Wildman–Crippen MR) is 135 cm³/mol. The molecule has 6 nitrogen and oxygen atoms in total. The van der Waals surface area contributed by atoms with Crippen LogP contribution in [0, 0.1) is 17.8 Å². The molecule has 0 spiro atoms. The Morgan fingerprint density at radius 1 is 1.00 bits per heavy atom. The number of hydrogen-bond acceptors (Lipinski definition) is 5. The monoisotopic (exact) mass is 458 g/mol. The van der Waals surface area contributed by atoms with E-state index in [1.807, 2.05) is 17.9 Å². The Bertz CT molecular complexity index is 1210. The molecule has 0 bridgehead atoms. The van der Waals surface area contributed by atoms with Crippen LogP contribution in [0.1, 0.15) is 26.2 Å². The van der Waals surface area contributed by atoms with E-state index in [9.17, 15) is 4.79 Å². The number of aromatic nitrogens is 2. The number of carbonyl (C=O) groups excluding carboxylic acids is 1. The van der Waals surface area contributed by atoms with Gasteiger partial charge in [0.1, 0.15) is 11.5 Å². The van der Waals surface area contributed by atoms with Crippen LogP contribution < -0.4 is 9.64 Å². The van der Waals surface area contributed by atoms with E-state index in [0.717, 1.165) is 66.8 Å². The number of likely N-dealkylation sites (N-methyl/N-ethyl adjacent to an activating group) is 1. The molecule has 2 aromatic carbocycles. The second kappa shape index (κ2) is 8.42. The molecule has 2 aliphatic carbocycles. The van der Waals surface area contributed by atoms with Gasteiger partial charge in [0.25, 0.3) is 0 Å². The van der Waals surface area contributed by atoms with Crippen LogP contribution in [0.5, 0.6) is 5.75 Å². The molecule has 2 unspecified atom stereocenters. The zero-order valence-electron chi connectivity index (χ0n) is 20.4. The van der Waals surface area contributed by atoms with Crippen molar-refractivity contribution >= 4 is 22.4 Å². The largest absolute Gasteiger partial charge is 0.490 e. The van der Waals surface area contributed by atoms with Crippen molar-refractivity contribution in [2.24, 2.45) is 24.8 Å². The van der Waals surface area contributed by atoms with E-state index in [4.69, 9.17) is 4.74 Å². The van der Waals surface area contributed by atoms with E-state index in [1.54, 1.807) is 0 Å². The second-order valence-corrected chi connectivity index (χ2v) is 10.6. The van der Waals surface area contributed by atoms with Gasteiger partial charge in [0.05, 0.1) is 17.0 Å². The van der Waals surface area contributed by atoms with Crippen LogP contribution in [0.2, 0.25) is 0 Å². The number of Topliss-reactive ketones (excluding diaryl/α,β-unsaturated/α-hetero) is 1. The standard InChI is InChI=1S/C28H34N4O2/c1-18(20-12-22-13-24(22)27(33)15-20)34-28-16-21(14-26-25(28)17-31(3)29-26)19-4-6-23(7-5-19)32-10-8-30(2)9-11-32/h4-7,14,16-18,20,22,24H,8-13,15H2,1-3H3/t18-,20+,22?,24?/m1/s1. The normalized spacial score (nSPS) is 25.9. The van der Waals surface area contributed by atoms with E-state index < -0.39 is 0 Å². The van der Waals surface area contributed by atoms with Crippen molar-refractivity contribution in [1.29, 1.82) is 0 Å². The molecule has 2 saturated carbocycles. The third-order valence-electron chi connectivity index (χ3n) is 8.15. The first kappa shape index (κ1) is 21.7. The molecule has 0 amide bonds. The Morgan fingerprint density at radius 3 is 2.50 bits per heavy atom. The quantitative estimate of drug-likeness (QED) is 0.568. The first-order chi connectivity index (χ1) is 16.4. The van der Waals surface area contributed by atoms with E-state index in [2.05, 4.69) is 65.3 Å². The fraction of sp³-hybridized carbons (Fsp3) is 0.500. The van der Waals surface area contributed by atoms with E-state index >= 15 is 0 Å². The summed E-state index contributed by atoms with van der Waals surface area (Å²) in [5.41, 5.74) is 4.49. The van der Waals surface area contributed by atoms with Gasteiger partial charge in [0.2, 0.25) is 0 Å². The van der Waals surface area contributed by atoms with Crippen LogP contribution in [-0.2, 0) is 11.8 Å². The average Bonchev–Trinajstić information content (AvgIpc) is 3.53. The summed E-state index contributed by atoms with van der Waals surface area (Å²) in [6.45, 7) is 6.46. The maximum Gasteiger partial charge on any atom is 0.136 e. The van der Waals surface area contributed by atoms with Crippen molar-refractivity contribution in [2.45, 2.75) is 32.3 Å². The van der Waals surface area contributed by atoms with E-state index in [1.165, 1.54) is 5.69 Å². The lowest BCUT2D eigenvalue weighted by Gasteiger charge is -2.34. The molecular weight excluding hydrogens is 424 g/mol. The first-order valence-corrected chi connectivity index (χ1v) is 12.7. The summed E-state index contributed by atoms with van der Waals surface area (Å²) in [5, 5.41) is 5.70.